The first kappa shape index (κ1) is 17.0. The van der Waals surface area contributed by atoms with Gasteiger partial charge in [0.25, 0.3) is 11.8 Å². The third kappa shape index (κ3) is 3.32. The normalized spacial score (nSPS) is 13.9. The van der Waals surface area contributed by atoms with Crippen LogP contribution in [0.1, 0.15) is 56.0 Å². The summed E-state index contributed by atoms with van der Waals surface area (Å²) in [6, 6.07) is 5.16. The Balaban J connectivity index is 1.93. The third-order valence-electron chi connectivity index (χ3n) is 4.33. The minimum absolute atomic E-state index is 0.282. The minimum Gasteiger partial charge on any atom is -0.365 e. The number of halogens is 1. The molecule has 24 heavy (non-hydrogen) atoms. The van der Waals surface area contributed by atoms with Gasteiger partial charge < -0.3 is 11.1 Å². The molecule has 4 nitrogen and oxygen atoms in total. The average Bonchev–Trinajstić information content (AvgIpc) is 2.71. The maximum atomic E-state index is 12.5. The number of anilines is 1. The molecular formula is C18H19ClN2O2S. The van der Waals surface area contributed by atoms with Crippen LogP contribution in [-0.4, -0.2) is 11.8 Å². The third-order valence-corrected chi connectivity index (χ3v) is 5.94. The second-order valence-corrected chi connectivity index (χ2v) is 7.56. The maximum absolute atomic E-state index is 12.5. The second kappa shape index (κ2) is 6.95. The molecule has 2 amide bonds. The van der Waals surface area contributed by atoms with Gasteiger partial charge in [-0.15, -0.1) is 11.3 Å². The molecule has 0 saturated heterocycles. The molecule has 0 aliphatic heterocycles. The van der Waals surface area contributed by atoms with Crippen LogP contribution >= 0.6 is 22.9 Å². The zero-order valence-corrected chi connectivity index (χ0v) is 15.0. The van der Waals surface area contributed by atoms with E-state index in [-0.39, 0.29) is 5.91 Å². The lowest BCUT2D eigenvalue weighted by molar-refractivity contribution is 0.100. The van der Waals surface area contributed by atoms with E-state index in [4.69, 9.17) is 17.3 Å². The van der Waals surface area contributed by atoms with Crippen LogP contribution in [-0.2, 0) is 12.8 Å². The Morgan fingerprint density at radius 3 is 2.67 bits per heavy atom. The molecule has 1 aliphatic rings. The summed E-state index contributed by atoms with van der Waals surface area (Å²) in [6.07, 6.45) is 5.09. The van der Waals surface area contributed by atoms with Gasteiger partial charge in [0.2, 0.25) is 0 Å². The summed E-state index contributed by atoms with van der Waals surface area (Å²) in [5.74, 6) is -0.762. The quantitative estimate of drug-likeness (QED) is 0.797. The van der Waals surface area contributed by atoms with Crippen molar-refractivity contribution in [3.8, 4) is 0 Å². The Morgan fingerprint density at radius 1 is 1.21 bits per heavy atom. The number of fused-ring (bicyclic) bond motifs is 1. The largest absolute Gasteiger partial charge is 0.365 e. The Bertz CT molecular complexity index is 814. The van der Waals surface area contributed by atoms with Gasteiger partial charge in [0, 0.05) is 15.5 Å². The van der Waals surface area contributed by atoms with Crippen LogP contribution in [0, 0.1) is 6.92 Å². The number of hydrogen-bond acceptors (Lipinski definition) is 3. The van der Waals surface area contributed by atoms with Gasteiger partial charge in [0.05, 0.1) is 5.56 Å². The van der Waals surface area contributed by atoms with Crippen LogP contribution in [0.15, 0.2) is 18.2 Å². The van der Waals surface area contributed by atoms with E-state index in [1.54, 1.807) is 18.2 Å². The van der Waals surface area contributed by atoms with Gasteiger partial charge in [-0.05, 0) is 55.9 Å². The number of thiophene rings is 1. The summed E-state index contributed by atoms with van der Waals surface area (Å²) in [4.78, 5) is 25.6. The molecule has 1 aromatic carbocycles. The number of primary amides is 1. The van der Waals surface area contributed by atoms with Crippen molar-refractivity contribution < 1.29 is 9.59 Å². The van der Waals surface area contributed by atoms with Crippen molar-refractivity contribution in [3.05, 3.63) is 50.4 Å². The van der Waals surface area contributed by atoms with Crippen LogP contribution in [0.3, 0.4) is 0 Å². The highest BCUT2D eigenvalue weighted by Gasteiger charge is 2.24. The number of rotatable bonds is 3. The van der Waals surface area contributed by atoms with Crippen molar-refractivity contribution >= 4 is 39.8 Å². The van der Waals surface area contributed by atoms with E-state index in [9.17, 15) is 9.59 Å². The summed E-state index contributed by atoms with van der Waals surface area (Å²) < 4.78 is 0. The van der Waals surface area contributed by atoms with Crippen LogP contribution < -0.4 is 11.1 Å². The van der Waals surface area contributed by atoms with E-state index in [2.05, 4.69) is 5.32 Å². The molecule has 6 heteroatoms. The summed E-state index contributed by atoms with van der Waals surface area (Å²) in [5, 5.41) is 3.95. The van der Waals surface area contributed by atoms with Crippen molar-refractivity contribution in [1.82, 2.24) is 0 Å². The van der Waals surface area contributed by atoms with Crippen molar-refractivity contribution in [1.29, 1.82) is 0 Å². The number of hydrogen-bond donors (Lipinski definition) is 2. The number of carbonyl (C=O) groups excluding carboxylic acids is 2. The Hall–Kier alpha value is -1.85. The smallest absolute Gasteiger partial charge is 0.256 e. The molecule has 0 spiro atoms. The van der Waals surface area contributed by atoms with Crippen LogP contribution in [0.2, 0.25) is 5.02 Å². The van der Waals surface area contributed by atoms with E-state index < -0.39 is 5.91 Å². The topological polar surface area (TPSA) is 72.2 Å². The first-order valence-corrected chi connectivity index (χ1v) is 9.18. The molecule has 1 heterocycles. The fourth-order valence-corrected chi connectivity index (χ4v) is 4.47. The molecule has 3 N–H and O–H groups in total. The summed E-state index contributed by atoms with van der Waals surface area (Å²) in [5.41, 5.74) is 8.45. The fourth-order valence-electron chi connectivity index (χ4n) is 3.00. The number of carbonyl (C=O) groups is 2. The first-order chi connectivity index (χ1) is 11.5. The molecule has 2 aromatic rings. The molecule has 126 valence electrons. The van der Waals surface area contributed by atoms with Crippen LogP contribution in [0.25, 0.3) is 0 Å². The highest BCUT2D eigenvalue weighted by Crippen LogP contribution is 2.37. The number of nitrogens with one attached hydrogen (secondary N) is 1. The van der Waals surface area contributed by atoms with Gasteiger partial charge in [-0.25, -0.2) is 0 Å². The molecule has 0 bridgehead atoms. The summed E-state index contributed by atoms with van der Waals surface area (Å²) in [6.45, 7) is 1.88. The first-order valence-electron chi connectivity index (χ1n) is 7.99. The molecule has 0 fully saturated rings. The van der Waals surface area contributed by atoms with Gasteiger partial charge in [0.1, 0.15) is 5.00 Å². The molecule has 0 radical (unpaired) electrons. The maximum Gasteiger partial charge on any atom is 0.256 e. The van der Waals surface area contributed by atoms with Crippen molar-refractivity contribution in [3.63, 3.8) is 0 Å². The van der Waals surface area contributed by atoms with E-state index in [1.165, 1.54) is 16.2 Å². The monoisotopic (exact) mass is 362 g/mol. The van der Waals surface area contributed by atoms with Gasteiger partial charge in [-0.2, -0.15) is 0 Å². The van der Waals surface area contributed by atoms with Crippen molar-refractivity contribution in [2.24, 2.45) is 5.73 Å². The lowest BCUT2D eigenvalue weighted by Gasteiger charge is -2.07. The highest BCUT2D eigenvalue weighted by molar-refractivity contribution is 7.17. The summed E-state index contributed by atoms with van der Waals surface area (Å²) in [7, 11) is 0. The van der Waals surface area contributed by atoms with Crippen molar-refractivity contribution in [2.45, 2.75) is 39.0 Å². The standard InChI is InChI=1S/C18H19ClN2O2S/c1-10-7-8-11(9-13(10)19)17(23)21-18-15(16(20)22)12-5-3-2-4-6-14(12)24-18/h7-9H,2-6H2,1H3,(H2,20,22)(H,21,23). The molecular weight excluding hydrogens is 344 g/mol. The predicted octanol–water partition coefficient (Wildman–Crippen LogP) is 4.33. The van der Waals surface area contributed by atoms with E-state index >= 15 is 0 Å². The SMILES string of the molecule is Cc1ccc(C(=O)Nc2sc3c(c2C(N)=O)CCCCC3)cc1Cl. The Kier molecular flexibility index (Phi) is 4.92. The Labute approximate surface area is 150 Å². The predicted molar refractivity (Wildman–Crippen MR) is 98.2 cm³/mol. The van der Waals surface area contributed by atoms with Crippen molar-refractivity contribution in [2.75, 3.05) is 5.32 Å². The molecule has 1 aromatic heterocycles. The molecule has 0 unspecified atom stereocenters. The van der Waals surface area contributed by atoms with E-state index in [0.717, 1.165) is 43.2 Å². The van der Waals surface area contributed by atoms with Gasteiger partial charge in [-0.1, -0.05) is 24.1 Å². The van der Waals surface area contributed by atoms with Gasteiger partial charge in [0.15, 0.2) is 0 Å². The zero-order chi connectivity index (χ0) is 17.3. The lowest BCUT2D eigenvalue weighted by atomic mass is 10.1. The minimum atomic E-state index is -0.480. The lowest BCUT2D eigenvalue weighted by Crippen LogP contribution is -2.18. The van der Waals surface area contributed by atoms with Crippen LogP contribution in [0.5, 0.6) is 0 Å². The zero-order valence-electron chi connectivity index (χ0n) is 13.4. The number of amides is 2. The molecule has 3 rings (SSSR count). The number of aryl methyl sites for hydroxylation is 2. The number of nitrogens with two attached hydrogens (primary N) is 1. The average molecular weight is 363 g/mol. The molecule has 0 atom stereocenters. The summed E-state index contributed by atoms with van der Waals surface area (Å²) >= 11 is 7.56. The fraction of sp³-hybridized carbons (Fsp3) is 0.333. The van der Waals surface area contributed by atoms with Gasteiger partial charge in [-0.3, -0.25) is 9.59 Å². The van der Waals surface area contributed by atoms with E-state index in [1.807, 2.05) is 6.92 Å². The second-order valence-electron chi connectivity index (χ2n) is 6.05. The van der Waals surface area contributed by atoms with Gasteiger partial charge >= 0.3 is 0 Å². The molecule has 0 saturated carbocycles. The van der Waals surface area contributed by atoms with E-state index in [0.29, 0.717) is 21.2 Å². The number of benzene rings is 1. The molecule has 1 aliphatic carbocycles. The van der Waals surface area contributed by atoms with Crippen LogP contribution in [0.4, 0.5) is 5.00 Å². The highest BCUT2D eigenvalue weighted by atomic mass is 35.5. The Morgan fingerprint density at radius 2 is 1.96 bits per heavy atom.